The number of alkyl halides is 3. The maximum absolute atomic E-state index is 13.1. The van der Waals surface area contributed by atoms with Gasteiger partial charge in [-0.15, -0.1) is 0 Å². The Morgan fingerprint density at radius 3 is 2.38 bits per heavy atom. The highest BCUT2D eigenvalue weighted by Gasteiger charge is 2.36. The largest absolute Gasteiger partial charge is 0.444 e. The fraction of sp³-hybridized carbons (Fsp3) is 0.500. The Hall–Kier alpha value is -1.92. The third-order valence-electron chi connectivity index (χ3n) is 3.09. The summed E-state index contributed by atoms with van der Waals surface area (Å²) in [5.41, 5.74) is 8.81. The highest BCUT2D eigenvalue weighted by Crippen LogP contribution is 2.39. The van der Waals surface area contributed by atoms with E-state index in [0.29, 0.717) is 0 Å². The lowest BCUT2D eigenvalue weighted by atomic mass is 9.86. The van der Waals surface area contributed by atoms with Crippen molar-refractivity contribution in [1.82, 2.24) is 0 Å². The van der Waals surface area contributed by atoms with Gasteiger partial charge in [-0.05, 0) is 43.9 Å². The number of carbonyl (C=O) groups excluding carboxylic acids is 1. The van der Waals surface area contributed by atoms with E-state index in [1.54, 1.807) is 20.8 Å². The standard InChI is InChI=1S/C14H19F3N2O2/c1-8(7-13(2,3)21-12(19)20)10-5-4-9(18)6-11(10)14(15,16)17/h4-6,8H,7,18H2,1-3H3,(H2,19,20). The van der Waals surface area contributed by atoms with Crippen molar-refractivity contribution in [3.05, 3.63) is 29.3 Å². The molecule has 0 bridgehead atoms. The smallest absolute Gasteiger partial charge is 0.416 e. The first kappa shape index (κ1) is 17.1. The molecule has 0 radical (unpaired) electrons. The van der Waals surface area contributed by atoms with Gasteiger partial charge in [0.15, 0.2) is 0 Å². The first-order chi connectivity index (χ1) is 9.42. The maximum atomic E-state index is 13.1. The van der Waals surface area contributed by atoms with E-state index in [1.165, 1.54) is 12.1 Å². The number of nitrogen functional groups attached to an aromatic ring is 1. The van der Waals surface area contributed by atoms with Crippen molar-refractivity contribution in [2.45, 2.75) is 44.9 Å². The molecule has 0 saturated carbocycles. The van der Waals surface area contributed by atoms with E-state index < -0.39 is 29.4 Å². The number of nitrogens with two attached hydrogens (primary N) is 2. The van der Waals surface area contributed by atoms with Crippen LogP contribution in [-0.2, 0) is 10.9 Å². The van der Waals surface area contributed by atoms with Crippen LogP contribution in [0.2, 0.25) is 0 Å². The van der Waals surface area contributed by atoms with Crippen LogP contribution >= 0.6 is 0 Å². The molecule has 1 amide bonds. The molecular weight excluding hydrogens is 285 g/mol. The second-order valence-electron chi connectivity index (χ2n) is 5.63. The number of hydrogen-bond donors (Lipinski definition) is 2. The lowest BCUT2D eigenvalue weighted by Gasteiger charge is -2.28. The van der Waals surface area contributed by atoms with Crippen molar-refractivity contribution in [2.24, 2.45) is 5.73 Å². The van der Waals surface area contributed by atoms with Crippen molar-refractivity contribution >= 4 is 11.8 Å². The topological polar surface area (TPSA) is 78.3 Å². The van der Waals surface area contributed by atoms with E-state index in [2.05, 4.69) is 0 Å². The van der Waals surface area contributed by atoms with Gasteiger partial charge in [0.1, 0.15) is 5.60 Å². The van der Waals surface area contributed by atoms with Crippen molar-refractivity contribution in [3.8, 4) is 0 Å². The summed E-state index contributed by atoms with van der Waals surface area (Å²) in [4.78, 5) is 10.8. The highest BCUT2D eigenvalue weighted by atomic mass is 19.4. The van der Waals surface area contributed by atoms with Crippen LogP contribution in [0.25, 0.3) is 0 Å². The van der Waals surface area contributed by atoms with Crippen LogP contribution in [-0.4, -0.2) is 11.7 Å². The predicted octanol–water partition coefficient (Wildman–Crippen LogP) is 3.66. The van der Waals surface area contributed by atoms with Crippen molar-refractivity contribution in [3.63, 3.8) is 0 Å². The molecule has 0 heterocycles. The zero-order valence-electron chi connectivity index (χ0n) is 12.1. The maximum Gasteiger partial charge on any atom is 0.416 e. The van der Waals surface area contributed by atoms with Gasteiger partial charge < -0.3 is 16.2 Å². The Bertz CT molecular complexity index is 527. The van der Waals surface area contributed by atoms with Gasteiger partial charge in [0.05, 0.1) is 5.56 Å². The molecule has 0 saturated heterocycles. The molecule has 1 atom stereocenters. The van der Waals surface area contributed by atoms with E-state index in [4.69, 9.17) is 16.2 Å². The molecule has 4 N–H and O–H groups in total. The van der Waals surface area contributed by atoms with Gasteiger partial charge in [-0.25, -0.2) is 4.79 Å². The minimum Gasteiger partial charge on any atom is -0.444 e. The average molecular weight is 304 g/mol. The molecule has 1 aromatic rings. The lowest BCUT2D eigenvalue weighted by Crippen LogP contribution is -2.32. The molecule has 4 nitrogen and oxygen atoms in total. The molecule has 0 fully saturated rings. The summed E-state index contributed by atoms with van der Waals surface area (Å²) in [6.45, 7) is 4.82. The zero-order valence-corrected chi connectivity index (χ0v) is 12.1. The minimum absolute atomic E-state index is 0.0471. The normalized spacial score (nSPS) is 13.8. The Balaban J connectivity index is 3.08. The van der Waals surface area contributed by atoms with Gasteiger partial charge in [-0.1, -0.05) is 13.0 Å². The summed E-state index contributed by atoms with van der Waals surface area (Å²) in [7, 11) is 0. The van der Waals surface area contributed by atoms with Crippen LogP contribution in [0.4, 0.5) is 23.7 Å². The molecule has 1 aromatic carbocycles. The molecule has 0 aliphatic heterocycles. The molecule has 21 heavy (non-hydrogen) atoms. The van der Waals surface area contributed by atoms with E-state index in [9.17, 15) is 18.0 Å². The number of carbonyl (C=O) groups is 1. The average Bonchev–Trinajstić information content (AvgIpc) is 2.24. The first-order valence-corrected chi connectivity index (χ1v) is 6.37. The van der Waals surface area contributed by atoms with Gasteiger partial charge in [-0.2, -0.15) is 13.2 Å². The van der Waals surface area contributed by atoms with Gasteiger partial charge in [0.2, 0.25) is 0 Å². The second kappa shape index (κ2) is 5.83. The fourth-order valence-corrected chi connectivity index (χ4v) is 2.41. The van der Waals surface area contributed by atoms with Crippen molar-refractivity contribution in [2.75, 3.05) is 5.73 Å². The number of amides is 1. The molecule has 0 spiro atoms. The van der Waals surface area contributed by atoms with Crippen LogP contribution in [0.1, 0.15) is 44.2 Å². The van der Waals surface area contributed by atoms with E-state index >= 15 is 0 Å². The zero-order chi connectivity index (χ0) is 16.4. The number of benzene rings is 1. The molecule has 1 rings (SSSR count). The Morgan fingerprint density at radius 1 is 1.33 bits per heavy atom. The number of ether oxygens (including phenoxy) is 1. The molecule has 0 aliphatic rings. The van der Waals surface area contributed by atoms with Gasteiger partial charge in [0, 0.05) is 5.69 Å². The lowest BCUT2D eigenvalue weighted by molar-refractivity contribution is -0.138. The molecule has 1 unspecified atom stereocenters. The Morgan fingerprint density at radius 2 is 1.90 bits per heavy atom. The van der Waals surface area contributed by atoms with Crippen LogP contribution in [0, 0.1) is 0 Å². The third kappa shape index (κ3) is 4.84. The van der Waals surface area contributed by atoms with Crippen LogP contribution < -0.4 is 11.5 Å². The number of halogens is 3. The number of primary amides is 1. The summed E-state index contributed by atoms with van der Waals surface area (Å²) < 4.78 is 44.1. The van der Waals surface area contributed by atoms with Crippen LogP contribution in [0.3, 0.4) is 0 Å². The van der Waals surface area contributed by atoms with Crippen LogP contribution in [0.15, 0.2) is 18.2 Å². The SMILES string of the molecule is CC(CC(C)(C)OC(N)=O)c1ccc(N)cc1C(F)(F)F. The van der Waals surface area contributed by atoms with E-state index in [-0.39, 0.29) is 17.7 Å². The molecule has 0 aromatic heterocycles. The molecule has 118 valence electrons. The summed E-state index contributed by atoms with van der Waals surface area (Å²) in [5, 5.41) is 0. The Kier molecular flexibility index (Phi) is 4.76. The fourth-order valence-electron chi connectivity index (χ4n) is 2.41. The van der Waals surface area contributed by atoms with Gasteiger partial charge in [-0.3, -0.25) is 0 Å². The summed E-state index contributed by atoms with van der Waals surface area (Å²) in [6.07, 6.45) is -5.25. The third-order valence-corrected chi connectivity index (χ3v) is 3.09. The number of rotatable bonds is 4. The predicted molar refractivity (Wildman–Crippen MR) is 73.6 cm³/mol. The highest BCUT2D eigenvalue weighted by molar-refractivity contribution is 5.65. The molecular formula is C14H19F3N2O2. The van der Waals surface area contributed by atoms with Gasteiger partial charge >= 0.3 is 12.3 Å². The van der Waals surface area contributed by atoms with E-state index in [0.717, 1.165) is 6.07 Å². The summed E-state index contributed by atoms with van der Waals surface area (Å²) in [5.74, 6) is -0.489. The van der Waals surface area contributed by atoms with Crippen molar-refractivity contribution in [1.29, 1.82) is 0 Å². The summed E-state index contributed by atoms with van der Waals surface area (Å²) >= 11 is 0. The van der Waals surface area contributed by atoms with Crippen LogP contribution in [0.5, 0.6) is 0 Å². The molecule has 0 aliphatic carbocycles. The van der Waals surface area contributed by atoms with Gasteiger partial charge in [0.25, 0.3) is 0 Å². The number of anilines is 1. The van der Waals surface area contributed by atoms with Crippen molar-refractivity contribution < 1.29 is 22.7 Å². The minimum atomic E-state index is -4.49. The first-order valence-electron chi connectivity index (χ1n) is 6.37. The summed E-state index contributed by atoms with van der Waals surface area (Å²) in [6, 6.07) is 3.68. The monoisotopic (exact) mass is 304 g/mol. The quantitative estimate of drug-likeness (QED) is 0.833. The molecule has 7 heteroatoms. The second-order valence-corrected chi connectivity index (χ2v) is 5.63. The Labute approximate surface area is 121 Å². The van der Waals surface area contributed by atoms with E-state index in [1.807, 2.05) is 0 Å². The number of hydrogen-bond acceptors (Lipinski definition) is 3.